The van der Waals surface area contributed by atoms with Gasteiger partial charge >= 0.3 is 16.2 Å². The number of hydrogen-bond donors (Lipinski definition) is 1. The van der Waals surface area contributed by atoms with E-state index in [0.717, 1.165) is 18.5 Å². The van der Waals surface area contributed by atoms with Crippen molar-refractivity contribution in [3.63, 3.8) is 0 Å². The minimum atomic E-state index is -3.72. The van der Waals surface area contributed by atoms with Crippen LogP contribution in [0.5, 0.6) is 5.75 Å². The van der Waals surface area contributed by atoms with Crippen LogP contribution in [0.25, 0.3) is 11.4 Å². The first-order valence-corrected chi connectivity index (χ1v) is 10.8. The van der Waals surface area contributed by atoms with Crippen LogP contribution in [0.3, 0.4) is 0 Å². The maximum atomic E-state index is 13.4. The maximum Gasteiger partial charge on any atom is 0.413 e. The minimum Gasteiger partial charge on any atom is -0.441 e. The number of aromatic nitrogens is 5. The van der Waals surface area contributed by atoms with Crippen molar-refractivity contribution in [2.24, 2.45) is 7.05 Å². The summed E-state index contributed by atoms with van der Waals surface area (Å²) in [6.45, 7) is 1.51. The van der Waals surface area contributed by atoms with Gasteiger partial charge in [-0.15, -0.1) is 0 Å². The van der Waals surface area contributed by atoms with Gasteiger partial charge in [-0.1, -0.05) is 11.6 Å². The van der Waals surface area contributed by atoms with Crippen molar-refractivity contribution in [2.45, 2.75) is 13.0 Å². The van der Waals surface area contributed by atoms with Gasteiger partial charge in [-0.2, -0.15) is 13.5 Å². The van der Waals surface area contributed by atoms with E-state index in [1.807, 2.05) is 0 Å². The smallest absolute Gasteiger partial charge is 0.413 e. The molecule has 3 rings (SSSR count). The van der Waals surface area contributed by atoms with Gasteiger partial charge in [0, 0.05) is 12.6 Å². The second-order valence-corrected chi connectivity index (χ2v) is 8.20. The third-order valence-corrected chi connectivity index (χ3v) is 4.64. The molecule has 0 aliphatic rings. The fourth-order valence-corrected chi connectivity index (χ4v) is 3.19. The molecule has 14 heteroatoms. The molecule has 0 saturated carbocycles. The Bertz CT molecular complexity index is 1220. The maximum absolute atomic E-state index is 13.4. The van der Waals surface area contributed by atoms with Gasteiger partial charge in [0.2, 0.25) is 0 Å². The topological polar surface area (TPSA) is 138 Å². The zero-order chi connectivity index (χ0) is 22.8. The van der Waals surface area contributed by atoms with E-state index in [1.165, 1.54) is 30.2 Å². The predicted molar refractivity (Wildman–Crippen MR) is 107 cm³/mol. The van der Waals surface area contributed by atoms with Gasteiger partial charge in [-0.25, -0.2) is 24.1 Å². The monoisotopic (exact) mass is 470 g/mol. The average Bonchev–Trinajstić information content (AvgIpc) is 3.03. The van der Waals surface area contributed by atoms with E-state index >= 15 is 0 Å². The van der Waals surface area contributed by atoms with E-state index in [0.29, 0.717) is 5.56 Å². The summed E-state index contributed by atoms with van der Waals surface area (Å²) in [5.74, 6) is -0.338. The van der Waals surface area contributed by atoms with Crippen LogP contribution in [0.2, 0.25) is 5.15 Å². The second kappa shape index (κ2) is 8.81. The molecule has 0 aromatic carbocycles. The summed E-state index contributed by atoms with van der Waals surface area (Å²) in [4.78, 5) is 24.1. The number of amides is 1. The number of hydrogen-bond acceptors (Lipinski definition) is 9. The zero-order valence-electron chi connectivity index (χ0n) is 16.4. The van der Waals surface area contributed by atoms with E-state index in [9.17, 15) is 17.6 Å². The summed E-state index contributed by atoms with van der Waals surface area (Å²) in [5, 5.41) is 6.58. The van der Waals surface area contributed by atoms with Crippen molar-refractivity contribution in [1.29, 1.82) is 0 Å². The van der Waals surface area contributed by atoms with Gasteiger partial charge in [0.25, 0.3) is 0 Å². The number of halogens is 2. The Labute approximate surface area is 181 Å². The van der Waals surface area contributed by atoms with Gasteiger partial charge in [0.05, 0.1) is 36.6 Å². The first-order valence-electron chi connectivity index (χ1n) is 8.56. The molecule has 3 heterocycles. The molecule has 1 N–H and O–H groups in total. The molecule has 0 bridgehead atoms. The molecular formula is C17H16ClFN6O5S. The molecule has 1 amide bonds. The molecule has 31 heavy (non-hydrogen) atoms. The molecular weight excluding hydrogens is 455 g/mol. The van der Waals surface area contributed by atoms with Crippen LogP contribution in [-0.4, -0.2) is 45.5 Å². The van der Waals surface area contributed by atoms with Crippen molar-refractivity contribution in [1.82, 2.24) is 24.7 Å². The standard InChI is InChI=1S/C17H16ClFN6O5S/c1-9(12-4-10(19)5-20-14(12)18)29-17(26)24-16-13(8-23-25(16)2)15-21-6-11(7-22-15)30-31(3,27)28/h4-9H,1-3H3,(H,24,26)/t9-/m1/s1. The summed E-state index contributed by atoms with van der Waals surface area (Å²) in [7, 11) is -2.16. The first-order chi connectivity index (χ1) is 14.5. The van der Waals surface area contributed by atoms with Crippen molar-refractivity contribution >= 4 is 33.6 Å². The molecule has 3 aromatic rings. The summed E-state index contributed by atoms with van der Waals surface area (Å²) < 4.78 is 47.1. The lowest BCUT2D eigenvalue weighted by Crippen LogP contribution is -2.19. The predicted octanol–water partition coefficient (Wildman–Crippen LogP) is 2.71. The Morgan fingerprint density at radius 3 is 2.55 bits per heavy atom. The molecule has 164 valence electrons. The summed E-state index contributed by atoms with van der Waals surface area (Å²) in [6.07, 6.45) is 3.82. The van der Waals surface area contributed by atoms with Crippen molar-refractivity contribution in [3.05, 3.63) is 47.4 Å². The highest BCUT2D eigenvalue weighted by Crippen LogP contribution is 2.27. The number of anilines is 1. The largest absolute Gasteiger partial charge is 0.441 e. The average molecular weight is 471 g/mol. The number of ether oxygens (including phenoxy) is 1. The van der Waals surface area contributed by atoms with Gasteiger partial charge in [-0.3, -0.25) is 10.00 Å². The molecule has 0 aliphatic carbocycles. The van der Waals surface area contributed by atoms with E-state index in [1.54, 1.807) is 7.05 Å². The number of nitrogens with one attached hydrogen (secondary N) is 1. The van der Waals surface area contributed by atoms with Gasteiger partial charge in [-0.05, 0) is 13.0 Å². The highest BCUT2D eigenvalue weighted by molar-refractivity contribution is 7.86. The highest BCUT2D eigenvalue weighted by Gasteiger charge is 2.20. The van der Waals surface area contributed by atoms with E-state index in [2.05, 4.69) is 25.4 Å². The normalized spacial score (nSPS) is 12.3. The van der Waals surface area contributed by atoms with Crippen LogP contribution >= 0.6 is 11.6 Å². The van der Waals surface area contributed by atoms with Crippen LogP contribution in [0, 0.1) is 5.82 Å². The van der Waals surface area contributed by atoms with Crippen molar-refractivity contribution < 1.29 is 26.5 Å². The Balaban J connectivity index is 1.76. The Hall–Kier alpha value is -3.32. The molecule has 0 spiro atoms. The molecule has 0 aliphatic heterocycles. The van der Waals surface area contributed by atoms with Crippen LogP contribution in [0.15, 0.2) is 30.9 Å². The number of rotatable bonds is 6. The van der Waals surface area contributed by atoms with Crippen molar-refractivity contribution in [2.75, 3.05) is 11.6 Å². The summed E-state index contributed by atoms with van der Waals surface area (Å²) in [6, 6.07) is 1.12. The lowest BCUT2D eigenvalue weighted by atomic mass is 10.2. The summed E-state index contributed by atoms with van der Waals surface area (Å²) in [5.41, 5.74) is 0.537. The Kier molecular flexibility index (Phi) is 6.36. The minimum absolute atomic E-state index is 0.00715. The fourth-order valence-electron chi connectivity index (χ4n) is 2.50. The second-order valence-electron chi connectivity index (χ2n) is 6.27. The molecule has 1 atom stereocenters. The Morgan fingerprint density at radius 2 is 1.90 bits per heavy atom. The first kappa shape index (κ1) is 22.4. The van der Waals surface area contributed by atoms with Crippen LogP contribution in [0.1, 0.15) is 18.6 Å². The fraction of sp³-hybridized carbons (Fsp3) is 0.235. The van der Waals surface area contributed by atoms with Gasteiger partial charge in [0.1, 0.15) is 22.9 Å². The molecule has 0 fully saturated rings. The van der Waals surface area contributed by atoms with Crippen LogP contribution < -0.4 is 9.50 Å². The third kappa shape index (κ3) is 5.64. The van der Waals surface area contributed by atoms with Crippen molar-refractivity contribution in [3.8, 4) is 17.1 Å². The number of carbonyl (C=O) groups is 1. The Morgan fingerprint density at radius 1 is 1.23 bits per heavy atom. The van der Waals surface area contributed by atoms with Crippen LogP contribution in [-0.2, 0) is 21.9 Å². The lowest BCUT2D eigenvalue weighted by Gasteiger charge is -2.15. The molecule has 0 unspecified atom stereocenters. The summed E-state index contributed by atoms with van der Waals surface area (Å²) >= 11 is 5.93. The molecule has 11 nitrogen and oxygen atoms in total. The number of nitrogens with zero attached hydrogens (tertiary/aromatic N) is 5. The zero-order valence-corrected chi connectivity index (χ0v) is 18.0. The SMILES string of the molecule is C[C@@H](OC(=O)Nc1c(-c2ncc(OS(C)(=O)=O)cn2)cnn1C)c1cc(F)cnc1Cl. The number of pyridine rings is 1. The lowest BCUT2D eigenvalue weighted by molar-refractivity contribution is 0.120. The highest BCUT2D eigenvalue weighted by atomic mass is 35.5. The van der Waals surface area contributed by atoms with E-state index in [-0.39, 0.29) is 28.1 Å². The molecule has 0 saturated heterocycles. The molecule has 3 aromatic heterocycles. The van der Waals surface area contributed by atoms with Gasteiger partial charge < -0.3 is 8.92 Å². The third-order valence-electron chi connectivity index (χ3n) is 3.83. The van der Waals surface area contributed by atoms with Gasteiger partial charge in [0.15, 0.2) is 11.6 Å². The molecule has 0 radical (unpaired) electrons. The quantitative estimate of drug-likeness (QED) is 0.425. The van der Waals surface area contributed by atoms with E-state index < -0.39 is 28.1 Å². The number of carbonyl (C=O) groups excluding carboxylic acids is 1. The number of aryl methyl sites for hydroxylation is 1. The van der Waals surface area contributed by atoms with E-state index in [4.69, 9.17) is 20.5 Å². The van der Waals surface area contributed by atoms with Crippen LogP contribution in [0.4, 0.5) is 15.0 Å².